The number of thiophene rings is 1. The van der Waals surface area contributed by atoms with Crippen LogP contribution < -0.4 is 10.6 Å². The summed E-state index contributed by atoms with van der Waals surface area (Å²) >= 11 is 1.37. The third kappa shape index (κ3) is 2.05. The zero-order chi connectivity index (χ0) is 12.6. The number of carbonyl (C=O) groups excluding carboxylic acids is 2. The van der Waals surface area contributed by atoms with Crippen molar-refractivity contribution < 1.29 is 14.3 Å². The van der Waals surface area contributed by atoms with Crippen molar-refractivity contribution in [3.8, 4) is 0 Å². The van der Waals surface area contributed by atoms with Crippen molar-refractivity contribution in [1.29, 1.82) is 0 Å². The van der Waals surface area contributed by atoms with Gasteiger partial charge in [-0.25, -0.2) is 4.79 Å². The van der Waals surface area contributed by atoms with E-state index in [1.807, 2.05) is 12.3 Å². The summed E-state index contributed by atoms with van der Waals surface area (Å²) in [7, 11) is 1.33. The molecule has 2 rings (SSSR count). The second kappa shape index (κ2) is 4.46. The lowest BCUT2D eigenvalue weighted by Gasteiger charge is -2.15. The van der Waals surface area contributed by atoms with Crippen LogP contribution in [0, 0.1) is 6.92 Å². The maximum atomic E-state index is 11.8. The van der Waals surface area contributed by atoms with Crippen LogP contribution in [0.2, 0.25) is 0 Å². The molecule has 92 valence electrons. The van der Waals surface area contributed by atoms with E-state index in [9.17, 15) is 9.59 Å². The fourth-order valence-electron chi connectivity index (χ4n) is 1.91. The molecule has 1 aliphatic rings. The fourth-order valence-corrected chi connectivity index (χ4v) is 2.98. The molecule has 1 aromatic heterocycles. The summed E-state index contributed by atoms with van der Waals surface area (Å²) in [5, 5.41) is 2.49. The van der Waals surface area contributed by atoms with Crippen LogP contribution >= 0.6 is 11.3 Å². The maximum Gasteiger partial charge on any atom is 0.341 e. The van der Waals surface area contributed by atoms with Gasteiger partial charge in [0.1, 0.15) is 5.00 Å². The quantitative estimate of drug-likeness (QED) is 0.796. The number of hydrogen-bond donors (Lipinski definition) is 1. The third-order valence-corrected chi connectivity index (χ3v) is 3.86. The Bertz CT molecular complexity index is 469. The summed E-state index contributed by atoms with van der Waals surface area (Å²) < 4.78 is 4.74. The summed E-state index contributed by atoms with van der Waals surface area (Å²) in [6.45, 7) is 2.29. The number of anilines is 1. The van der Waals surface area contributed by atoms with Gasteiger partial charge in [0.05, 0.1) is 12.7 Å². The van der Waals surface area contributed by atoms with Crippen LogP contribution in [0.1, 0.15) is 22.3 Å². The number of amides is 1. The molecule has 0 bridgehead atoms. The van der Waals surface area contributed by atoms with Crippen LogP contribution in [0.4, 0.5) is 5.00 Å². The number of esters is 1. The number of rotatable bonds is 2. The molecule has 1 aromatic rings. The predicted molar refractivity (Wildman–Crippen MR) is 65.3 cm³/mol. The molecule has 0 saturated carbocycles. The molecule has 2 heterocycles. The number of carbonyl (C=O) groups is 2. The molecular weight excluding hydrogens is 240 g/mol. The number of methoxy groups -OCH3 is 1. The van der Waals surface area contributed by atoms with E-state index in [1.165, 1.54) is 18.4 Å². The Balaban J connectivity index is 2.39. The lowest BCUT2D eigenvalue weighted by Crippen LogP contribution is -2.28. The van der Waals surface area contributed by atoms with Crippen LogP contribution in [-0.2, 0) is 9.53 Å². The van der Waals surface area contributed by atoms with Crippen molar-refractivity contribution in [1.82, 2.24) is 0 Å². The SMILES string of the molecule is COC(=O)c1c(C)csc1N1CC(N)CC1=O. The predicted octanol–water partition coefficient (Wildman–Crippen LogP) is 0.907. The van der Waals surface area contributed by atoms with Crippen molar-refractivity contribution in [2.75, 3.05) is 18.6 Å². The van der Waals surface area contributed by atoms with E-state index in [2.05, 4.69) is 0 Å². The Morgan fingerprint density at radius 2 is 2.35 bits per heavy atom. The maximum absolute atomic E-state index is 11.8. The van der Waals surface area contributed by atoms with Crippen LogP contribution in [0.25, 0.3) is 0 Å². The van der Waals surface area contributed by atoms with Crippen molar-refractivity contribution in [3.63, 3.8) is 0 Å². The molecule has 1 amide bonds. The van der Waals surface area contributed by atoms with Gasteiger partial charge in [-0.15, -0.1) is 11.3 Å². The van der Waals surface area contributed by atoms with Gasteiger partial charge in [-0.05, 0) is 17.9 Å². The van der Waals surface area contributed by atoms with E-state index in [-0.39, 0.29) is 11.9 Å². The van der Waals surface area contributed by atoms with Crippen LogP contribution in [0.15, 0.2) is 5.38 Å². The van der Waals surface area contributed by atoms with E-state index in [0.717, 1.165) is 5.56 Å². The number of ether oxygens (including phenoxy) is 1. The molecule has 1 unspecified atom stereocenters. The largest absolute Gasteiger partial charge is 0.465 e. The molecule has 5 nitrogen and oxygen atoms in total. The van der Waals surface area contributed by atoms with Crippen LogP contribution in [-0.4, -0.2) is 31.6 Å². The zero-order valence-electron chi connectivity index (χ0n) is 9.73. The molecule has 1 saturated heterocycles. The summed E-state index contributed by atoms with van der Waals surface area (Å²) in [5.74, 6) is -0.448. The molecule has 1 fully saturated rings. The first-order valence-corrected chi connectivity index (χ1v) is 6.15. The molecule has 1 atom stereocenters. The van der Waals surface area contributed by atoms with Gasteiger partial charge in [0.25, 0.3) is 0 Å². The summed E-state index contributed by atoms with van der Waals surface area (Å²) in [4.78, 5) is 25.0. The van der Waals surface area contributed by atoms with E-state index in [0.29, 0.717) is 23.5 Å². The number of aryl methyl sites for hydroxylation is 1. The second-order valence-corrected chi connectivity index (χ2v) is 4.92. The van der Waals surface area contributed by atoms with Crippen molar-refractivity contribution in [3.05, 3.63) is 16.5 Å². The number of hydrogen-bond acceptors (Lipinski definition) is 5. The highest BCUT2D eigenvalue weighted by atomic mass is 32.1. The topological polar surface area (TPSA) is 72.6 Å². The lowest BCUT2D eigenvalue weighted by atomic mass is 10.2. The van der Waals surface area contributed by atoms with Crippen molar-refractivity contribution in [2.45, 2.75) is 19.4 Å². The molecule has 2 N–H and O–H groups in total. The minimum Gasteiger partial charge on any atom is -0.465 e. The highest BCUT2D eigenvalue weighted by molar-refractivity contribution is 7.15. The van der Waals surface area contributed by atoms with Gasteiger partial charge < -0.3 is 15.4 Å². The minimum atomic E-state index is -0.410. The molecule has 6 heteroatoms. The first-order valence-electron chi connectivity index (χ1n) is 5.27. The van der Waals surface area contributed by atoms with Crippen LogP contribution in [0.3, 0.4) is 0 Å². The Hall–Kier alpha value is -1.40. The molecule has 0 radical (unpaired) electrons. The zero-order valence-corrected chi connectivity index (χ0v) is 10.5. The first-order chi connectivity index (χ1) is 8.04. The number of nitrogens with zero attached hydrogens (tertiary/aromatic N) is 1. The molecule has 0 aromatic carbocycles. The lowest BCUT2D eigenvalue weighted by molar-refractivity contribution is -0.117. The molecule has 1 aliphatic heterocycles. The van der Waals surface area contributed by atoms with Crippen molar-refractivity contribution >= 4 is 28.2 Å². The van der Waals surface area contributed by atoms with Gasteiger partial charge in [-0.1, -0.05) is 0 Å². The Labute approximate surface area is 103 Å². The van der Waals surface area contributed by atoms with Gasteiger partial charge >= 0.3 is 5.97 Å². The van der Waals surface area contributed by atoms with E-state index >= 15 is 0 Å². The molecule has 0 spiro atoms. The summed E-state index contributed by atoms with van der Waals surface area (Å²) in [6.07, 6.45) is 0.331. The summed E-state index contributed by atoms with van der Waals surface area (Å²) in [6, 6.07) is -0.157. The minimum absolute atomic E-state index is 0.0375. The Kier molecular flexibility index (Phi) is 3.17. The van der Waals surface area contributed by atoms with E-state index < -0.39 is 5.97 Å². The van der Waals surface area contributed by atoms with Crippen molar-refractivity contribution in [2.24, 2.45) is 5.73 Å². The summed E-state index contributed by atoms with van der Waals surface area (Å²) in [5.41, 5.74) is 7.04. The molecular formula is C11H14N2O3S. The molecule has 17 heavy (non-hydrogen) atoms. The fraction of sp³-hybridized carbons (Fsp3) is 0.455. The van der Waals surface area contributed by atoms with E-state index in [1.54, 1.807) is 4.90 Å². The average molecular weight is 254 g/mol. The normalized spacial score (nSPS) is 19.8. The van der Waals surface area contributed by atoms with Gasteiger partial charge in [0.2, 0.25) is 5.91 Å². The van der Waals surface area contributed by atoms with Crippen LogP contribution in [0.5, 0.6) is 0 Å². The van der Waals surface area contributed by atoms with Gasteiger partial charge in [0.15, 0.2) is 0 Å². The van der Waals surface area contributed by atoms with Gasteiger partial charge in [-0.3, -0.25) is 4.79 Å². The van der Waals surface area contributed by atoms with Gasteiger partial charge in [0, 0.05) is 19.0 Å². The smallest absolute Gasteiger partial charge is 0.341 e. The monoisotopic (exact) mass is 254 g/mol. The molecule has 0 aliphatic carbocycles. The highest BCUT2D eigenvalue weighted by Crippen LogP contribution is 2.34. The third-order valence-electron chi connectivity index (χ3n) is 2.75. The van der Waals surface area contributed by atoms with Gasteiger partial charge in [-0.2, -0.15) is 0 Å². The second-order valence-electron chi connectivity index (χ2n) is 4.06. The van der Waals surface area contributed by atoms with E-state index in [4.69, 9.17) is 10.5 Å². The Morgan fingerprint density at radius 3 is 2.88 bits per heavy atom. The first kappa shape index (κ1) is 12.1. The standard InChI is InChI=1S/C11H14N2O3S/c1-6-5-17-10(9(6)11(15)16-2)13-4-7(12)3-8(13)14/h5,7H,3-4,12H2,1-2H3. The average Bonchev–Trinajstić information content (AvgIpc) is 2.80. The number of nitrogens with two attached hydrogens (primary N) is 1. The highest BCUT2D eigenvalue weighted by Gasteiger charge is 2.32. The Morgan fingerprint density at radius 1 is 1.65 bits per heavy atom.